The van der Waals surface area contributed by atoms with E-state index in [1.165, 1.54) is 12.3 Å². The third-order valence-corrected chi connectivity index (χ3v) is 4.82. The van der Waals surface area contributed by atoms with Gasteiger partial charge in [-0.3, -0.25) is 4.79 Å². The van der Waals surface area contributed by atoms with E-state index in [-0.39, 0.29) is 23.8 Å². The third kappa shape index (κ3) is 2.05. The average molecular weight is 332 g/mol. The van der Waals surface area contributed by atoms with Gasteiger partial charge in [-0.1, -0.05) is 24.3 Å². The normalized spacial score (nSPS) is 15.3. The van der Waals surface area contributed by atoms with Crippen LogP contribution >= 0.6 is 0 Å². The molecule has 4 aromatic rings. The fraction of sp³-hybridized carbons (Fsp3) is 0.100. The van der Waals surface area contributed by atoms with Crippen molar-refractivity contribution in [3.63, 3.8) is 0 Å². The van der Waals surface area contributed by atoms with E-state index in [2.05, 4.69) is 4.98 Å². The largest absolute Gasteiger partial charge is 0.464 e. The first-order valence-corrected chi connectivity index (χ1v) is 8.03. The van der Waals surface area contributed by atoms with E-state index in [0.717, 1.165) is 22.2 Å². The maximum atomic E-state index is 14.4. The number of benzene rings is 2. The summed E-state index contributed by atoms with van der Waals surface area (Å²) in [4.78, 5) is 17.0. The number of carbonyl (C=O) groups excluding carboxylic acids is 1. The number of imidazole rings is 1. The van der Waals surface area contributed by atoms with E-state index in [4.69, 9.17) is 4.42 Å². The first kappa shape index (κ1) is 14.2. The molecule has 1 aliphatic heterocycles. The highest BCUT2D eigenvalue weighted by atomic mass is 19.1. The molecule has 4 nitrogen and oxygen atoms in total. The maximum Gasteiger partial charge on any atom is 0.168 e. The second-order valence-electron chi connectivity index (χ2n) is 6.21. The second-order valence-corrected chi connectivity index (χ2v) is 6.21. The van der Waals surface area contributed by atoms with Crippen LogP contribution in [0, 0.1) is 5.82 Å². The molecule has 3 heterocycles. The van der Waals surface area contributed by atoms with Gasteiger partial charge in [-0.05, 0) is 17.7 Å². The molecule has 122 valence electrons. The minimum Gasteiger partial charge on any atom is -0.464 e. The molecule has 5 rings (SSSR count). The lowest BCUT2D eigenvalue weighted by molar-refractivity contribution is 0.0967. The van der Waals surface area contributed by atoms with Crippen LogP contribution in [0.1, 0.15) is 28.4 Å². The van der Waals surface area contributed by atoms with Crippen molar-refractivity contribution in [2.45, 2.75) is 12.5 Å². The Balaban J connectivity index is 1.55. The summed E-state index contributed by atoms with van der Waals surface area (Å²) < 4.78 is 21.5. The minimum atomic E-state index is -0.551. The highest BCUT2D eigenvalue weighted by molar-refractivity contribution is 6.00. The van der Waals surface area contributed by atoms with Crippen LogP contribution in [0.2, 0.25) is 0 Å². The van der Waals surface area contributed by atoms with E-state index in [0.29, 0.717) is 5.58 Å². The molecule has 2 aromatic heterocycles. The Morgan fingerprint density at radius 1 is 1.24 bits per heavy atom. The molecule has 5 heteroatoms. The van der Waals surface area contributed by atoms with Crippen LogP contribution in [-0.2, 0) is 0 Å². The lowest BCUT2D eigenvalue weighted by Crippen LogP contribution is -2.12. The topological polar surface area (TPSA) is 48.0 Å². The maximum absolute atomic E-state index is 14.4. The van der Waals surface area contributed by atoms with Crippen LogP contribution in [0.15, 0.2) is 65.7 Å². The molecular weight excluding hydrogens is 319 g/mol. The number of aromatic nitrogens is 2. The van der Waals surface area contributed by atoms with Crippen molar-refractivity contribution in [3.8, 4) is 11.3 Å². The summed E-state index contributed by atoms with van der Waals surface area (Å²) in [6, 6.07) is 12.3. The number of carbonyl (C=O) groups is 1. The average Bonchev–Trinajstić information content (AvgIpc) is 3.31. The summed E-state index contributed by atoms with van der Waals surface area (Å²) in [5, 5.41) is 0.722. The predicted molar refractivity (Wildman–Crippen MR) is 90.9 cm³/mol. The lowest BCUT2D eigenvalue weighted by Gasteiger charge is -2.14. The van der Waals surface area contributed by atoms with E-state index in [9.17, 15) is 9.18 Å². The molecule has 0 N–H and O–H groups in total. The Kier molecular flexibility index (Phi) is 2.91. The summed E-state index contributed by atoms with van der Waals surface area (Å²) in [6.45, 7) is 0. The zero-order valence-corrected chi connectivity index (χ0v) is 13.1. The van der Waals surface area contributed by atoms with Gasteiger partial charge in [0.25, 0.3) is 0 Å². The van der Waals surface area contributed by atoms with Crippen molar-refractivity contribution < 1.29 is 13.6 Å². The minimum absolute atomic E-state index is 0.0972. The van der Waals surface area contributed by atoms with Gasteiger partial charge >= 0.3 is 0 Å². The van der Waals surface area contributed by atoms with Crippen molar-refractivity contribution in [2.24, 2.45) is 0 Å². The molecule has 0 fully saturated rings. The summed E-state index contributed by atoms with van der Waals surface area (Å²) in [6.07, 6.45) is 5.19. The second kappa shape index (κ2) is 5.14. The highest BCUT2D eigenvalue weighted by Gasteiger charge is 2.30. The van der Waals surface area contributed by atoms with Crippen molar-refractivity contribution in [1.82, 2.24) is 9.55 Å². The SMILES string of the molecule is O=C(CC1c2ccccc2-c2cncn21)c1cc2ccoc2cc1F. The van der Waals surface area contributed by atoms with Crippen molar-refractivity contribution >= 4 is 16.8 Å². The third-order valence-electron chi connectivity index (χ3n) is 4.82. The Morgan fingerprint density at radius 2 is 2.12 bits per heavy atom. The fourth-order valence-electron chi connectivity index (χ4n) is 3.62. The molecule has 0 saturated carbocycles. The van der Waals surface area contributed by atoms with Crippen LogP contribution in [0.25, 0.3) is 22.2 Å². The van der Waals surface area contributed by atoms with Gasteiger partial charge in [0, 0.05) is 23.4 Å². The molecule has 0 aliphatic carbocycles. The van der Waals surface area contributed by atoms with E-state index >= 15 is 0 Å². The molecule has 0 amide bonds. The number of Topliss-reactive ketones (excluding diaryl/α,β-unsaturated/α-hetero) is 1. The first-order chi connectivity index (χ1) is 12.2. The molecule has 0 saturated heterocycles. The van der Waals surface area contributed by atoms with E-state index in [1.807, 2.05) is 28.8 Å². The van der Waals surface area contributed by atoms with Gasteiger partial charge in [0.1, 0.15) is 11.4 Å². The lowest BCUT2D eigenvalue weighted by atomic mass is 9.96. The fourth-order valence-corrected chi connectivity index (χ4v) is 3.62. The quantitative estimate of drug-likeness (QED) is 0.515. The summed E-state index contributed by atoms with van der Waals surface area (Å²) >= 11 is 0. The number of furan rings is 1. The summed E-state index contributed by atoms with van der Waals surface area (Å²) in [7, 11) is 0. The van der Waals surface area contributed by atoms with Crippen LogP contribution in [0.3, 0.4) is 0 Å². The number of nitrogens with zero attached hydrogens (tertiary/aromatic N) is 2. The van der Waals surface area contributed by atoms with E-state index < -0.39 is 5.82 Å². The van der Waals surface area contributed by atoms with Crippen LogP contribution in [0.5, 0.6) is 0 Å². The zero-order chi connectivity index (χ0) is 17.0. The Hall–Kier alpha value is -3.21. The standard InChI is InChI=1S/C20H13FN2O2/c21-16-8-20-12(5-6-25-20)7-15(16)19(24)9-17-13-3-1-2-4-14(13)18-10-22-11-23(17)18/h1-8,10-11,17H,9H2. The van der Waals surface area contributed by atoms with Gasteiger partial charge < -0.3 is 8.98 Å². The monoisotopic (exact) mass is 332 g/mol. The van der Waals surface area contributed by atoms with Crippen LogP contribution < -0.4 is 0 Å². The molecule has 1 atom stereocenters. The van der Waals surface area contributed by atoms with Gasteiger partial charge in [0.15, 0.2) is 5.78 Å². The number of ketones is 1. The van der Waals surface area contributed by atoms with Crippen molar-refractivity contribution in [1.29, 1.82) is 0 Å². The highest BCUT2D eigenvalue weighted by Crippen LogP contribution is 2.41. The molecule has 1 aliphatic rings. The Morgan fingerprint density at radius 3 is 3.04 bits per heavy atom. The molecule has 1 unspecified atom stereocenters. The molecule has 0 bridgehead atoms. The van der Waals surface area contributed by atoms with Gasteiger partial charge in [-0.25, -0.2) is 9.37 Å². The zero-order valence-electron chi connectivity index (χ0n) is 13.1. The van der Waals surface area contributed by atoms with Crippen LogP contribution in [0.4, 0.5) is 4.39 Å². The van der Waals surface area contributed by atoms with E-state index in [1.54, 1.807) is 24.7 Å². The number of fused-ring (bicyclic) bond motifs is 4. The van der Waals surface area contributed by atoms with Gasteiger partial charge in [0.2, 0.25) is 0 Å². The molecule has 25 heavy (non-hydrogen) atoms. The molecule has 2 aromatic carbocycles. The van der Waals surface area contributed by atoms with Crippen LogP contribution in [-0.4, -0.2) is 15.3 Å². The smallest absolute Gasteiger partial charge is 0.168 e. The molecule has 0 spiro atoms. The van der Waals surface area contributed by atoms with Crippen molar-refractivity contribution in [2.75, 3.05) is 0 Å². The Labute approximate surface area is 142 Å². The number of hydrogen-bond donors (Lipinski definition) is 0. The first-order valence-electron chi connectivity index (χ1n) is 8.03. The molecular formula is C20H13FN2O2. The van der Waals surface area contributed by atoms with Gasteiger partial charge in [0.05, 0.1) is 36.1 Å². The number of halogens is 1. The predicted octanol–water partition coefficient (Wildman–Crippen LogP) is 4.61. The summed E-state index contributed by atoms with van der Waals surface area (Å²) in [5.74, 6) is -0.786. The number of rotatable bonds is 3. The van der Waals surface area contributed by atoms with Gasteiger partial charge in [-0.2, -0.15) is 0 Å². The summed E-state index contributed by atoms with van der Waals surface area (Å²) in [5.41, 5.74) is 3.66. The van der Waals surface area contributed by atoms with Crippen molar-refractivity contribution in [3.05, 3.63) is 78.2 Å². The Bertz CT molecular complexity index is 1130. The van der Waals surface area contributed by atoms with Gasteiger partial charge in [-0.15, -0.1) is 0 Å². The molecule has 0 radical (unpaired) electrons. The number of hydrogen-bond acceptors (Lipinski definition) is 3.